The molecule has 0 aromatic rings. The van der Waals surface area contributed by atoms with Gasteiger partial charge in [-0.3, -0.25) is 9.80 Å². The van der Waals surface area contributed by atoms with Gasteiger partial charge in [0.2, 0.25) is 0 Å². The second-order valence-electron chi connectivity index (χ2n) is 5.97. The zero-order valence-electron chi connectivity index (χ0n) is 10.5. The molecule has 0 bridgehead atoms. The van der Waals surface area contributed by atoms with E-state index in [1.54, 1.807) is 0 Å². The first-order valence-electron chi connectivity index (χ1n) is 7.02. The van der Waals surface area contributed by atoms with Crippen molar-refractivity contribution < 1.29 is 0 Å². The van der Waals surface area contributed by atoms with E-state index in [0.29, 0.717) is 0 Å². The predicted molar refractivity (Wildman–Crippen MR) is 66.6 cm³/mol. The summed E-state index contributed by atoms with van der Waals surface area (Å²) in [7, 11) is 0. The summed E-state index contributed by atoms with van der Waals surface area (Å²) in [6.45, 7) is 10.2. The Hall–Kier alpha value is -0.120. The second-order valence-corrected chi connectivity index (χ2v) is 5.97. The maximum Gasteiger partial charge on any atom is 0.0223 e. The number of hydrogen-bond acceptors (Lipinski definition) is 3. The molecule has 0 radical (unpaired) electrons. The van der Waals surface area contributed by atoms with Crippen LogP contribution in [0, 0.1) is 5.92 Å². The van der Waals surface area contributed by atoms with Gasteiger partial charge in [0.05, 0.1) is 0 Å². The molecule has 0 spiro atoms. The van der Waals surface area contributed by atoms with Gasteiger partial charge in [0.1, 0.15) is 0 Å². The van der Waals surface area contributed by atoms with Gasteiger partial charge < -0.3 is 5.32 Å². The average Bonchev–Trinajstić information content (AvgIpc) is 2.23. The number of piperazine rings is 1. The molecule has 2 atom stereocenters. The van der Waals surface area contributed by atoms with Gasteiger partial charge >= 0.3 is 0 Å². The molecule has 3 saturated heterocycles. The molecule has 16 heavy (non-hydrogen) atoms. The third-order valence-corrected chi connectivity index (χ3v) is 4.68. The van der Waals surface area contributed by atoms with E-state index in [1.807, 2.05) is 0 Å². The van der Waals surface area contributed by atoms with Gasteiger partial charge in [0.15, 0.2) is 0 Å². The highest BCUT2D eigenvalue weighted by Gasteiger charge is 2.34. The molecule has 2 unspecified atom stereocenters. The Morgan fingerprint density at radius 1 is 1.19 bits per heavy atom. The number of rotatable bonds is 2. The standard InChI is InChI=1S/C13H25N3/c1-11-8-15-5-3-2-4-13(15)10-16(11)9-12-6-14-7-12/h11-14H,2-10H2,1H3. The van der Waals surface area contributed by atoms with Crippen LogP contribution in [0.3, 0.4) is 0 Å². The average molecular weight is 223 g/mol. The molecule has 3 rings (SSSR count). The van der Waals surface area contributed by atoms with Gasteiger partial charge in [-0.15, -0.1) is 0 Å². The van der Waals surface area contributed by atoms with Crippen LogP contribution in [0.25, 0.3) is 0 Å². The molecule has 1 N–H and O–H groups in total. The van der Waals surface area contributed by atoms with Crippen molar-refractivity contribution in [3.05, 3.63) is 0 Å². The molecular weight excluding hydrogens is 198 g/mol. The van der Waals surface area contributed by atoms with Crippen LogP contribution in [-0.4, -0.2) is 61.2 Å². The Kier molecular flexibility index (Phi) is 3.18. The molecule has 3 heteroatoms. The van der Waals surface area contributed by atoms with E-state index in [-0.39, 0.29) is 0 Å². The highest BCUT2D eigenvalue weighted by atomic mass is 15.3. The molecule has 3 fully saturated rings. The summed E-state index contributed by atoms with van der Waals surface area (Å²) in [5.74, 6) is 0.928. The fourth-order valence-corrected chi connectivity index (χ4v) is 3.48. The lowest BCUT2D eigenvalue weighted by Crippen LogP contribution is -2.61. The molecule has 3 aliphatic rings. The van der Waals surface area contributed by atoms with Crippen LogP contribution in [0.1, 0.15) is 26.2 Å². The van der Waals surface area contributed by atoms with Crippen LogP contribution in [0.5, 0.6) is 0 Å². The zero-order valence-corrected chi connectivity index (χ0v) is 10.5. The topological polar surface area (TPSA) is 18.5 Å². The Labute approximate surface area is 99.2 Å². The lowest BCUT2D eigenvalue weighted by atomic mass is 9.95. The lowest BCUT2D eigenvalue weighted by Gasteiger charge is -2.49. The van der Waals surface area contributed by atoms with Crippen molar-refractivity contribution in [2.45, 2.75) is 38.3 Å². The molecule has 3 aliphatic heterocycles. The van der Waals surface area contributed by atoms with Gasteiger partial charge in [-0.05, 0) is 32.2 Å². The van der Waals surface area contributed by atoms with Crippen molar-refractivity contribution in [1.29, 1.82) is 0 Å². The predicted octanol–water partition coefficient (Wildman–Crippen LogP) is 0.764. The Morgan fingerprint density at radius 2 is 2.06 bits per heavy atom. The maximum absolute atomic E-state index is 3.38. The zero-order chi connectivity index (χ0) is 11.0. The Morgan fingerprint density at radius 3 is 2.81 bits per heavy atom. The van der Waals surface area contributed by atoms with E-state index in [2.05, 4.69) is 22.0 Å². The highest BCUT2D eigenvalue weighted by Crippen LogP contribution is 2.24. The normalized spacial score (nSPS) is 38.1. The Balaban J connectivity index is 1.57. The molecule has 0 aromatic carbocycles. The van der Waals surface area contributed by atoms with Gasteiger partial charge in [0.25, 0.3) is 0 Å². The number of hydrogen-bond donors (Lipinski definition) is 1. The van der Waals surface area contributed by atoms with Crippen LogP contribution in [0.2, 0.25) is 0 Å². The molecule has 0 saturated carbocycles. The van der Waals surface area contributed by atoms with Gasteiger partial charge in [-0.25, -0.2) is 0 Å². The van der Waals surface area contributed by atoms with Crippen molar-refractivity contribution in [1.82, 2.24) is 15.1 Å². The molecule has 3 heterocycles. The van der Waals surface area contributed by atoms with Crippen molar-refractivity contribution >= 4 is 0 Å². The van der Waals surface area contributed by atoms with Gasteiger partial charge in [0, 0.05) is 44.8 Å². The number of piperidine rings is 1. The van der Waals surface area contributed by atoms with Crippen LogP contribution in [-0.2, 0) is 0 Å². The first-order chi connectivity index (χ1) is 7.83. The summed E-state index contributed by atoms with van der Waals surface area (Å²) in [5, 5.41) is 3.38. The van der Waals surface area contributed by atoms with E-state index in [9.17, 15) is 0 Å². The lowest BCUT2D eigenvalue weighted by molar-refractivity contribution is 0.00372. The first-order valence-corrected chi connectivity index (χ1v) is 7.02. The summed E-state index contributed by atoms with van der Waals surface area (Å²) in [6.07, 6.45) is 4.32. The SMILES string of the molecule is CC1CN2CCCCC2CN1CC1CNC1. The third-order valence-electron chi connectivity index (χ3n) is 4.68. The number of nitrogens with one attached hydrogen (secondary N) is 1. The van der Waals surface area contributed by atoms with Gasteiger partial charge in [-0.1, -0.05) is 6.42 Å². The van der Waals surface area contributed by atoms with Crippen LogP contribution < -0.4 is 5.32 Å². The second kappa shape index (κ2) is 4.63. The van der Waals surface area contributed by atoms with E-state index in [1.165, 1.54) is 58.5 Å². The quantitative estimate of drug-likeness (QED) is 0.746. The van der Waals surface area contributed by atoms with Crippen molar-refractivity contribution in [2.75, 3.05) is 39.3 Å². The molecule has 0 aromatic heterocycles. The summed E-state index contributed by atoms with van der Waals surface area (Å²) in [5.41, 5.74) is 0. The first kappa shape index (κ1) is 11.0. The van der Waals surface area contributed by atoms with Crippen molar-refractivity contribution in [3.63, 3.8) is 0 Å². The van der Waals surface area contributed by atoms with Crippen LogP contribution >= 0.6 is 0 Å². The monoisotopic (exact) mass is 223 g/mol. The minimum atomic E-state index is 0.773. The summed E-state index contributed by atoms with van der Waals surface area (Å²) >= 11 is 0. The summed E-state index contributed by atoms with van der Waals surface area (Å²) < 4.78 is 0. The van der Waals surface area contributed by atoms with E-state index in [0.717, 1.165) is 18.0 Å². The summed E-state index contributed by atoms with van der Waals surface area (Å²) in [6, 6.07) is 1.65. The van der Waals surface area contributed by atoms with Crippen LogP contribution in [0.4, 0.5) is 0 Å². The molecule has 0 amide bonds. The highest BCUT2D eigenvalue weighted by molar-refractivity contribution is 4.91. The molecule has 3 nitrogen and oxygen atoms in total. The van der Waals surface area contributed by atoms with Gasteiger partial charge in [-0.2, -0.15) is 0 Å². The fourth-order valence-electron chi connectivity index (χ4n) is 3.48. The molecule has 0 aliphatic carbocycles. The molecular formula is C13H25N3. The Bertz CT molecular complexity index is 239. The van der Waals surface area contributed by atoms with Crippen molar-refractivity contribution in [2.24, 2.45) is 5.92 Å². The summed E-state index contributed by atoms with van der Waals surface area (Å²) in [4.78, 5) is 5.49. The minimum Gasteiger partial charge on any atom is -0.316 e. The van der Waals surface area contributed by atoms with E-state index < -0.39 is 0 Å². The molecule has 92 valence electrons. The third kappa shape index (κ3) is 2.13. The minimum absolute atomic E-state index is 0.773. The smallest absolute Gasteiger partial charge is 0.0223 e. The van der Waals surface area contributed by atoms with E-state index in [4.69, 9.17) is 0 Å². The fraction of sp³-hybridized carbons (Fsp3) is 1.00. The van der Waals surface area contributed by atoms with Crippen LogP contribution in [0.15, 0.2) is 0 Å². The number of nitrogens with zero attached hydrogens (tertiary/aromatic N) is 2. The largest absolute Gasteiger partial charge is 0.316 e. The van der Waals surface area contributed by atoms with Crippen molar-refractivity contribution in [3.8, 4) is 0 Å². The van der Waals surface area contributed by atoms with E-state index >= 15 is 0 Å². The number of fused-ring (bicyclic) bond motifs is 1. The maximum atomic E-state index is 3.38.